The van der Waals surface area contributed by atoms with Gasteiger partial charge in [0.05, 0.1) is 6.10 Å². The normalized spacial score (nSPS) is 19.0. The van der Waals surface area contributed by atoms with E-state index in [0.29, 0.717) is 5.92 Å². The molecule has 18 heavy (non-hydrogen) atoms. The van der Waals surface area contributed by atoms with Crippen molar-refractivity contribution in [3.63, 3.8) is 0 Å². The zero-order valence-corrected chi connectivity index (χ0v) is 12.2. The van der Waals surface area contributed by atoms with E-state index in [9.17, 15) is 5.11 Å². The lowest BCUT2D eigenvalue weighted by Gasteiger charge is -2.26. The maximum absolute atomic E-state index is 10.1. The molecule has 0 saturated carbocycles. The Bertz CT molecular complexity index is 176. The van der Waals surface area contributed by atoms with Gasteiger partial charge in [-0.15, -0.1) is 0 Å². The molecule has 1 fully saturated rings. The summed E-state index contributed by atoms with van der Waals surface area (Å²) in [6, 6.07) is 0. The van der Waals surface area contributed by atoms with Crippen LogP contribution in [-0.4, -0.2) is 24.4 Å². The highest BCUT2D eigenvalue weighted by Gasteiger charge is 2.21. The van der Waals surface area contributed by atoms with Gasteiger partial charge >= 0.3 is 0 Å². The van der Waals surface area contributed by atoms with Crippen LogP contribution in [0.25, 0.3) is 0 Å². The van der Waals surface area contributed by atoms with Crippen LogP contribution in [0.5, 0.6) is 0 Å². The van der Waals surface area contributed by atoms with Crippen LogP contribution >= 0.6 is 0 Å². The second-order valence-electron chi connectivity index (χ2n) is 5.78. The molecule has 0 amide bonds. The fraction of sp³-hybridized carbons (Fsp3) is 1.00. The second kappa shape index (κ2) is 10.8. The molecule has 1 N–H and O–H groups in total. The third kappa shape index (κ3) is 7.38. The number of hydrogen-bond acceptors (Lipinski definition) is 2. The van der Waals surface area contributed by atoms with Crippen LogP contribution in [0.1, 0.15) is 77.6 Å². The lowest BCUT2D eigenvalue weighted by atomic mass is 9.90. The topological polar surface area (TPSA) is 29.5 Å². The quantitative estimate of drug-likeness (QED) is 0.590. The van der Waals surface area contributed by atoms with Gasteiger partial charge in [0.25, 0.3) is 0 Å². The molecule has 1 atom stereocenters. The number of aliphatic hydroxyl groups excluding tert-OH is 1. The van der Waals surface area contributed by atoms with Crippen molar-refractivity contribution in [2.24, 2.45) is 5.92 Å². The Hall–Kier alpha value is -0.0800. The van der Waals surface area contributed by atoms with E-state index in [1.165, 1.54) is 51.4 Å². The molecule has 2 nitrogen and oxygen atoms in total. The van der Waals surface area contributed by atoms with E-state index in [1.807, 2.05) is 0 Å². The molecule has 0 radical (unpaired) electrons. The molecule has 0 aliphatic carbocycles. The predicted molar refractivity (Wildman–Crippen MR) is 76.8 cm³/mol. The average molecular weight is 256 g/mol. The Morgan fingerprint density at radius 2 is 1.50 bits per heavy atom. The fourth-order valence-electron chi connectivity index (χ4n) is 2.82. The van der Waals surface area contributed by atoms with Crippen LogP contribution in [0, 0.1) is 5.92 Å². The van der Waals surface area contributed by atoms with Crippen molar-refractivity contribution in [3.8, 4) is 0 Å². The van der Waals surface area contributed by atoms with Gasteiger partial charge in [-0.3, -0.25) is 0 Å². The molecule has 108 valence electrons. The van der Waals surface area contributed by atoms with E-state index >= 15 is 0 Å². The molecule has 0 aromatic carbocycles. The van der Waals surface area contributed by atoms with Gasteiger partial charge in [-0.2, -0.15) is 0 Å². The van der Waals surface area contributed by atoms with E-state index in [1.54, 1.807) is 0 Å². The Balaban J connectivity index is 1.87. The molecule has 0 spiro atoms. The lowest BCUT2D eigenvalue weighted by Crippen LogP contribution is -2.27. The van der Waals surface area contributed by atoms with E-state index in [-0.39, 0.29) is 6.10 Å². The molecule has 1 rings (SSSR count). The third-order valence-electron chi connectivity index (χ3n) is 4.16. The number of hydrogen-bond donors (Lipinski definition) is 1. The number of rotatable bonds is 10. The van der Waals surface area contributed by atoms with Crippen LogP contribution < -0.4 is 0 Å². The van der Waals surface area contributed by atoms with E-state index in [2.05, 4.69) is 6.92 Å². The van der Waals surface area contributed by atoms with Gasteiger partial charge in [-0.25, -0.2) is 0 Å². The van der Waals surface area contributed by atoms with Gasteiger partial charge in [-0.05, 0) is 25.2 Å². The molecular weight excluding hydrogens is 224 g/mol. The number of aliphatic hydroxyl groups is 1. The summed E-state index contributed by atoms with van der Waals surface area (Å²) in [4.78, 5) is 0. The summed E-state index contributed by atoms with van der Waals surface area (Å²) >= 11 is 0. The molecular formula is C16H32O2. The molecule has 1 aliphatic rings. The highest BCUT2D eigenvalue weighted by Crippen LogP contribution is 2.22. The van der Waals surface area contributed by atoms with Crippen LogP contribution in [-0.2, 0) is 4.74 Å². The van der Waals surface area contributed by atoms with E-state index < -0.39 is 0 Å². The SMILES string of the molecule is CCCCCCCCCCC(O)C1CCOCC1. The first-order chi connectivity index (χ1) is 8.84. The van der Waals surface area contributed by atoms with Crippen molar-refractivity contribution in [1.82, 2.24) is 0 Å². The standard InChI is InChI=1S/C16H32O2/c1-2-3-4-5-6-7-8-9-10-16(17)15-11-13-18-14-12-15/h15-17H,2-14H2,1H3. The van der Waals surface area contributed by atoms with Gasteiger partial charge in [0.2, 0.25) is 0 Å². The molecule has 0 bridgehead atoms. The van der Waals surface area contributed by atoms with Gasteiger partial charge in [-0.1, -0.05) is 58.3 Å². The third-order valence-corrected chi connectivity index (χ3v) is 4.16. The zero-order chi connectivity index (χ0) is 13.1. The summed E-state index contributed by atoms with van der Waals surface area (Å²) in [5, 5.41) is 10.1. The maximum Gasteiger partial charge on any atom is 0.0570 e. The van der Waals surface area contributed by atoms with Crippen molar-refractivity contribution in [2.45, 2.75) is 83.7 Å². The zero-order valence-electron chi connectivity index (χ0n) is 12.2. The van der Waals surface area contributed by atoms with Crippen LogP contribution in [0.15, 0.2) is 0 Å². The number of unbranched alkanes of at least 4 members (excludes halogenated alkanes) is 7. The number of ether oxygens (including phenoxy) is 1. The summed E-state index contributed by atoms with van der Waals surface area (Å²) in [6.07, 6.45) is 13.8. The highest BCUT2D eigenvalue weighted by molar-refractivity contribution is 4.71. The summed E-state index contributed by atoms with van der Waals surface area (Å²) in [6.45, 7) is 3.95. The fourth-order valence-corrected chi connectivity index (χ4v) is 2.82. The molecule has 1 aliphatic heterocycles. The van der Waals surface area contributed by atoms with Crippen molar-refractivity contribution >= 4 is 0 Å². The molecule has 2 heteroatoms. The first kappa shape index (κ1) is 16.0. The van der Waals surface area contributed by atoms with Gasteiger partial charge < -0.3 is 9.84 Å². The van der Waals surface area contributed by atoms with E-state index in [0.717, 1.165) is 32.5 Å². The summed E-state index contributed by atoms with van der Waals surface area (Å²) in [7, 11) is 0. The first-order valence-electron chi connectivity index (χ1n) is 8.10. The predicted octanol–water partition coefficient (Wildman–Crippen LogP) is 4.30. The molecule has 0 aromatic rings. The largest absolute Gasteiger partial charge is 0.393 e. The lowest BCUT2D eigenvalue weighted by molar-refractivity contribution is 0.00408. The van der Waals surface area contributed by atoms with Gasteiger partial charge in [0.15, 0.2) is 0 Å². The summed E-state index contributed by atoms with van der Waals surface area (Å²) in [5.41, 5.74) is 0. The molecule has 1 saturated heterocycles. The smallest absolute Gasteiger partial charge is 0.0570 e. The van der Waals surface area contributed by atoms with Crippen LogP contribution in [0.3, 0.4) is 0 Å². The Morgan fingerprint density at radius 3 is 2.11 bits per heavy atom. The molecule has 1 heterocycles. The Labute approximate surface area is 113 Å². The maximum atomic E-state index is 10.1. The minimum Gasteiger partial charge on any atom is -0.393 e. The molecule has 1 unspecified atom stereocenters. The first-order valence-corrected chi connectivity index (χ1v) is 8.10. The van der Waals surface area contributed by atoms with Crippen LogP contribution in [0.4, 0.5) is 0 Å². The summed E-state index contributed by atoms with van der Waals surface area (Å²) < 4.78 is 5.33. The molecule has 0 aromatic heterocycles. The van der Waals surface area contributed by atoms with Crippen molar-refractivity contribution in [2.75, 3.05) is 13.2 Å². The Morgan fingerprint density at radius 1 is 0.944 bits per heavy atom. The van der Waals surface area contributed by atoms with Crippen molar-refractivity contribution in [3.05, 3.63) is 0 Å². The summed E-state index contributed by atoms with van der Waals surface area (Å²) in [5.74, 6) is 0.503. The van der Waals surface area contributed by atoms with Crippen LogP contribution in [0.2, 0.25) is 0 Å². The second-order valence-corrected chi connectivity index (χ2v) is 5.78. The minimum atomic E-state index is -0.0750. The monoisotopic (exact) mass is 256 g/mol. The Kier molecular flexibility index (Phi) is 9.59. The average Bonchev–Trinajstić information content (AvgIpc) is 2.42. The van der Waals surface area contributed by atoms with Gasteiger partial charge in [0, 0.05) is 13.2 Å². The van der Waals surface area contributed by atoms with Crippen molar-refractivity contribution < 1.29 is 9.84 Å². The minimum absolute atomic E-state index is 0.0750. The van der Waals surface area contributed by atoms with E-state index in [4.69, 9.17) is 4.74 Å². The van der Waals surface area contributed by atoms with Crippen molar-refractivity contribution in [1.29, 1.82) is 0 Å². The highest BCUT2D eigenvalue weighted by atomic mass is 16.5. The van der Waals surface area contributed by atoms with Gasteiger partial charge in [0.1, 0.15) is 0 Å².